The number of quaternary nitrogens is 1. The van der Waals surface area contributed by atoms with Crippen LogP contribution < -0.4 is 12.4 Å². The number of hydrogen-bond acceptors (Lipinski definition) is 6. The Morgan fingerprint density at radius 1 is 0.357 bits per heavy atom. The van der Waals surface area contributed by atoms with Gasteiger partial charge in [-0.25, -0.2) is 0 Å². The third-order valence-corrected chi connectivity index (χ3v) is 15.8. The molecule has 0 bridgehead atoms. The zero-order chi connectivity index (χ0) is 41.4. The Kier molecular flexibility index (Phi) is 36.7. The number of hydrogen-bond donors (Lipinski definition) is 6. The van der Waals surface area contributed by atoms with E-state index in [0.717, 1.165) is 38.6 Å². The van der Waals surface area contributed by atoms with Crippen molar-refractivity contribution in [2.45, 2.75) is 270 Å². The summed E-state index contributed by atoms with van der Waals surface area (Å²) in [6.45, 7) is 10.1. The SMILES string of the molecule is CCCCCCCCCCCCCCCCCCC(C)(C(C)(CCCCCCCCCCCCCCCC)CCC[Si](O)(O)O)[N+](C)(C)CCC[Si](O)(O)O.[Cl-]. The van der Waals surface area contributed by atoms with Crippen LogP contribution in [0.1, 0.15) is 252 Å². The van der Waals surface area contributed by atoms with E-state index in [-0.39, 0.29) is 35.4 Å². The normalized spacial score (nSPS) is 14.8. The second-order valence-electron chi connectivity index (χ2n) is 19.1. The quantitative estimate of drug-likeness (QED) is 0.0207. The highest BCUT2D eigenvalue weighted by molar-refractivity contribution is 6.56. The molecule has 340 valence electrons. The minimum absolute atomic E-state index is 0. The van der Waals surface area contributed by atoms with Crippen LogP contribution in [-0.4, -0.2) is 77.0 Å². The average Bonchev–Trinajstić information content (AvgIpc) is 3.10. The molecule has 0 radical (unpaired) electrons. The van der Waals surface area contributed by atoms with E-state index in [1.54, 1.807) is 0 Å². The third kappa shape index (κ3) is 31.3. The lowest BCUT2D eigenvalue weighted by molar-refractivity contribution is -0.949. The van der Waals surface area contributed by atoms with Crippen molar-refractivity contribution >= 4 is 17.6 Å². The molecule has 0 aromatic heterocycles. The van der Waals surface area contributed by atoms with E-state index >= 15 is 0 Å². The first kappa shape index (κ1) is 58.5. The summed E-state index contributed by atoms with van der Waals surface area (Å²) in [5, 5.41) is 0. The molecule has 0 fully saturated rings. The van der Waals surface area contributed by atoms with Crippen LogP contribution in [0.25, 0.3) is 0 Å². The van der Waals surface area contributed by atoms with E-state index in [1.807, 2.05) is 0 Å². The standard InChI is InChI=1S/C46H100NO6Si2.ClH/c1-7-9-11-13-15-17-19-21-23-24-26-28-30-32-34-36-41-46(4,47(5,6)42-38-44-55(51,52)53)45(3,40-37-43-54(48,49)50)39-35-33-31-29-27-25-22-20-18-16-14-12-10-8-2;/h48-53H,7-44H2,1-6H3;1H/q+1;/p-1. The molecule has 0 aromatic rings. The first-order valence-corrected chi connectivity index (χ1v) is 28.3. The summed E-state index contributed by atoms with van der Waals surface area (Å²) >= 11 is 0. The average molecular weight is 855 g/mol. The largest absolute Gasteiger partial charge is 1.00 e. The first-order chi connectivity index (χ1) is 26.0. The Bertz CT molecular complexity index is 858. The highest BCUT2D eigenvalue weighted by Crippen LogP contribution is 2.50. The molecular formula is C46H100ClNO6Si2. The third-order valence-electron chi connectivity index (χ3n) is 13.7. The van der Waals surface area contributed by atoms with Crippen LogP contribution in [-0.2, 0) is 0 Å². The fourth-order valence-corrected chi connectivity index (χ4v) is 10.7. The monoisotopic (exact) mass is 854 g/mol. The molecule has 0 amide bonds. The molecule has 0 aliphatic rings. The van der Waals surface area contributed by atoms with Gasteiger partial charge in [0.15, 0.2) is 0 Å². The fourth-order valence-electron chi connectivity index (χ4n) is 9.40. The lowest BCUT2D eigenvalue weighted by Gasteiger charge is -2.57. The predicted octanol–water partition coefficient (Wildman–Crippen LogP) is 9.36. The maximum absolute atomic E-state index is 9.92. The van der Waals surface area contributed by atoms with Crippen molar-refractivity contribution in [1.82, 2.24) is 0 Å². The van der Waals surface area contributed by atoms with Gasteiger partial charge in [0, 0.05) is 30.3 Å². The first-order valence-electron chi connectivity index (χ1n) is 24.2. The Balaban J connectivity index is 0. The summed E-state index contributed by atoms with van der Waals surface area (Å²) in [7, 11) is -3.69. The minimum atomic E-state index is -4.13. The van der Waals surface area contributed by atoms with Gasteiger partial charge in [-0.05, 0) is 32.6 Å². The molecule has 6 N–H and O–H groups in total. The fraction of sp³-hybridized carbons (Fsp3) is 1.00. The van der Waals surface area contributed by atoms with Gasteiger partial charge in [-0.15, -0.1) is 0 Å². The molecule has 0 aromatic carbocycles. The summed E-state index contributed by atoms with van der Waals surface area (Å²) in [4.78, 5) is 59.1. The van der Waals surface area contributed by atoms with Crippen LogP contribution in [0.3, 0.4) is 0 Å². The molecule has 56 heavy (non-hydrogen) atoms. The van der Waals surface area contributed by atoms with E-state index in [1.165, 1.54) is 180 Å². The van der Waals surface area contributed by atoms with Crippen LogP contribution in [0.15, 0.2) is 0 Å². The van der Waals surface area contributed by atoms with E-state index in [4.69, 9.17) is 0 Å². The smallest absolute Gasteiger partial charge is 0.492 e. The molecule has 2 unspecified atom stereocenters. The van der Waals surface area contributed by atoms with Crippen molar-refractivity contribution < 1.29 is 45.7 Å². The van der Waals surface area contributed by atoms with Gasteiger partial charge in [0.1, 0.15) is 5.54 Å². The van der Waals surface area contributed by atoms with Crippen molar-refractivity contribution in [3.05, 3.63) is 0 Å². The van der Waals surface area contributed by atoms with Crippen LogP contribution in [0, 0.1) is 5.41 Å². The van der Waals surface area contributed by atoms with Gasteiger partial charge in [0.05, 0.1) is 20.6 Å². The van der Waals surface area contributed by atoms with Gasteiger partial charge >= 0.3 is 17.6 Å². The van der Waals surface area contributed by atoms with Crippen molar-refractivity contribution in [3.8, 4) is 0 Å². The molecular weight excluding hydrogens is 754 g/mol. The highest BCUT2D eigenvalue weighted by atomic mass is 35.5. The van der Waals surface area contributed by atoms with Gasteiger partial charge in [-0.3, -0.25) is 0 Å². The molecule has 0 spiro atoms. The van der Waals surface area contributed by atoms with E-state index in [9.17, 15) is 28.8 Å². The Morgan fingerprint density at radius 3 is 0.911 bits per heavy atom. The predicted molar refractivity (Wildman–Crippen MR) is 241 cm³/mol. The molecule has 0 saturated carbocycles. The molecule has 0 aliphatic heterocycles. The van der Waals surface area contributed by atoms with Gasteiger partial charge in [0.25, 0.3) is 0 Å². The van der Waals surface area contributed by atoms with E-state index in [0.29, 0.717) is 17.3 Å². The second-order valence-corrected chi connectivity index (χ2v) is 23.2. The minimum Gasteiger partial charge on any atom is -1.00 e. The van der Waals surface area contributed by atoms with Crippen molar-refractivity contribution in [3.63, 3.8) is 0 Å². The second kappa shape index (κ2) is 35.1. The Hall–Kier alpha value is 0.444. The maximum atomic E-state index is 9.92. The van der Waals surface area contributed by atoms with Crippen molar-refractivity contribution in [2.24, 2.45) is 5.41 Å². The Labute approximate surface area is 358 Å². The zero-order valence-electron chi connectivity index (χ0n) is 38.4. The summed E-state index contributed by atoms with van der Waals surface area (Å²) in [5.41, 5.74) is -0.246. The molecule has 10 heteroatoms. The van der Waals surface area contributed by atoms with Gasteiger partial charge in [-0.2, -0.15) is 0 Å². The van der Waals surface area contributed by atoms with Crippen LogP contribution in [0.4, 0.5) is 0 Å². The van der Waals surface area contributed by atoms with Gasteiger partial charge in [0.2, 0.25) is 0 Å². The summed E-state index contributed by atoms with van der Waals surface area (Å²) < 4.78 is 0.714. The van der Waals surface area contributed by atoms with Crippen molar-refractivity contribution in [2.75, 3.05) is 20.6 Å². The number of unbranched alkanes of at least 4 members (excludes halogenated alkanes) is 28. The molecule has 0 aliphatic carbocycles. The number of rotatable bonds is 42. The Morgan fingerprint density at radius 2 is 0.607 bits per heavy atom. The molecule has 2 atom stereocenters. The van der Waals surface area contributed by atoms with Gasteiger partial charge in [-0.1, -0.05) is 207 Å². The lowest BCUT2D eigenvalue weighted by Crippen LogP contribution is -3.00. The maximum Gasteiger partial charge on any atom is 0.492 e. The molecule has 0 saturated heterocycles. The van der Waals surface area contributed by atoms with Crippen LogP contribution in [0.5, 0.6) is 0 Å². The zero-order valence-corrected chi connectivity index (χ0v) is 41.1. The molecule has 0 heterocycles. The summed E-state index contributed by atoms with van der Waals surface area (Å²) in [6, 6.07) is 0.116. The highest BCUT2D eigenvalue weighted by Gasteiger charge is 2.54. The van der Waals surface area contributed by atoms with Crippen LogP contribution in [0.2, 0.25) is 12.1 Å². The van der Waals surface area contributed by atoms with E-state index in [2.05, 4.69) is 41.8 Å². The van der Waals surface area contributed by atoms with Gasteiger partial charge < -0.3 is 45.7 Å². The van der Waals surface area contributed by atoms with Crippen molar-refractivity contribution in [1.29, 1.82) is 0 Å². The summed E-state index contributed by atoms with van der Waals surface area (Å²) in [6.07, 6.45) is 44.2. The topological polar surface area (TPSA) is 121 Å². The summed E-state index contributed by atoms with van der Waals surface area (Å²) in [5.74, 6) is 0. The number of halogens is 1. The van der Waals surface area contributed by atoms with E-state index < -0.39 is 17.6 Å². The molecule has 0 rings (SSSR count). The lowest BCUT2D eigenvalue weighted by atomic mass is 9.62. The molecule has 7 nitrogen and oxygen atoms in total. The number of nitrogens with zero attached hydrogens (tertiary/aromatic N) is 1. The van der Waals surface area contributed by atoms with Crippen LogP contribution >= 0.6 is 0 Å².